The van der Waals surface area contributed by atoms with E-state index in [1.807, 2.05) is 0 Å². The highest BCUT2D eigenvalue weighted by molar-refractivity contribution is 6.40. The summed E-state index contributed by atoms with van der Waals surface area (Å²) in [5.74, 6) is -17.2. The number of benzene rings is 9. The lowest BCUT2D eigenvalue weighted by Gasteiger charge is -2.38. The lowest BCUT2D eigenvalue weighted by atomic mass is 9.71. The first-order valence-electron chi connectivity index (χ1n) is 35.4. The zero-order valence-electron chi connectivity index (χ0n) is 62.6. The van der Waals surface area contributed by atoms with Gasteiger partial charge in [0, 0.05) is 0 Å². The molecule has 0 spiro atoms. The Labute approximate surface area is 669 Å². The van der Waals surface area contributed by atoms with Crippen LogP contribution in [0.2, 0.25) is 0 Å². The summed E-state index contributed by atoms with van der Waals surface area (Å²) in [7, 11) is 0. The minimum Gasteiger partial charge on any atom is -0.288 e. The van der Waals surface area contributed by atoms with Crippen LogP contribution in [0.25, 0.3) is 0 Å². The predicted octanol–water partition coefficient (Wildman–Crippen LogP) is 18.2. The Morgan fingerprint density at radius 2 is 0.388 bits per heavy atom. The zero-order chi connectivity index (χ0) is 88.1. The molecule has 12 amide bonds. The molecule has 15 rings (SSSR count). The Morgan fingerprint density at radius 3 is 0.603 bits per heavy atom. The molecule has 6 aliphatic rings. The molecule has 0 bridgehead atoms. The van der Waals surface area contributed by atoms with Gasteiger partial charge >= 0.3 is 37.1 Å². The Balaban J connectivity index is 0.0000120. The molecule has 0 unspecified atom stereocenters. The Bertz CT molecular complexity index is 6300. The van der Waals surface area contributed by atoms with Gasteiger partial charge in [-0.2, -0.15) is 79.0 Å². The summed E-state index contributed by atoms with van der Waals surface area (Å²) in [5, 5.41) is 1.74. The average molecular weight is 1690 g/mol. The van der Waals surface area contributed by atoms with E-state index in [2.05, 4.69) is 0 Å². The fourth-order valence-electron chi connectivity index (χ4n) is 18.0. The van der Waals surface area contributed by atoms with Crippen molar-refractivity contribution in [1.82, 2.24) is 5.32 Å². The van der Waals surface area contributed by atoms with Gasteiger partial charge in [-0.25, -0.2) is 24.5 Å². The Kier molecular flexibility index (Phi) is 18.6. The second-order valence-corrected chi connectivity index (χ2v) is 29.7. The molecule has 0 saturated heterocycles. The molecule has 0 aliphatic carbocycles. The molecule has 6 aliphatic heterocycles. The van der Waals surface area contributed by atoms with Gasteiger partial charge in [-0.05, 0) is 213 Å². The summed E-state index contributed by atoms with van der Waals surface area (Å²) in [4.78, 5) is 172. The van der Waals surface area contributed by atoms with E-state index in [0.717, 1.165) is 26.0 Å². The molecule has 6 heterocycles. The van der Waals surface area contributed by atoms with E-state index in [-0.39, 0.29) is 122 Å². The van der Waals surface area contributed by atoms with Crippen LogP contribution in [-0.2, 0) is 16.2 Å². The number of hydrogen-bond donors (Lipinski definition) is 1. The quantitative estimate of drug-likeness (QED) is 0.0941. The van der Waals surface area contributed by atoms with Gasteiger partial charge in [0.1, 0.15) is 0 Å². The van der Waals surface area contributed by atoms with Crippen molar-refractivity contribution in [2.75, 3.05) is 24.5 Å². The SMILES string of the molecule is C.Cc1cc(C)c(N2C(=O)c3ccc(C(c4ccc5c(c4)C(=O)N(c4c(C)cc(C)c(N6C(=O)c7ccc(C(c8ccc9c(c8)C(=O)N(c8c(C)cc(C)c(N%10C(=O)c%11ccc(C(c%12ccc%13c(c%12)C(=O)NC%13=O)(C(F)(F)F)C(F)(F)F)cc%11C%10=O)c8C)C9=O)(C(F)(F)F)C(F)(F)F)cc7C6=O)c4C)C5=O)(C(F)(F)F)C(F)(F)F)cc3C2=O)c(C)c1. The minimum atomic E-state index is -6.60. The topological polar surface area (TPSA) is 233 Å². The molecular weight excluding hydrogens is 1640 g/mol. The highest BCUT2D eigenvalue weighted by atomic mass is 19.4. The predicted molar refractivity (Wildman–Crippen MR) is 394 cm³/mol. The number of fused-ring (bicyclic) bond motifs is 6. The number of rotatable bonds is 11. The number of halogens is 18. The van der Waals surface area contributed by atoms with Crippen molar-refractivity contribution in [2.45, 2.75) is 123 Å². The van der Waals surface area contributed by atoms with Crippen LogP contribution in [-0.4, -0.2) is 108 Å². The molecule has 622 valence electrons. The van der Waals surface area contributed by atoms with Crippen molar-refractivity contribution in [3.8, 4) is 0 Å². The van der Waals surface area contributed by atoms with Crippen molar-refractivity contribution in [3.05, 3.63) is 284 Å². The van der Waals surface area contributed by atoms with Crippen LogP contribution in [0.15, 0.2) is 133 Å². The molecule has 1 N–H and O–H groups in total. The van der Waals surface area contributed by atoms with Crippen LogP contribution in [0.5, 0.6) is 0 Å². The molecule has 0 aromatic heterocycles. The zero-order valence-corrected chi connectivity index (χ0v) is 62.6. The maximum absolute atomic E-state index is 16.3. The number of hydrogen-bond acceptors (Lipinski definition) is 12. The van der Waals surface area contributed by atoms with Crippen molar-refractivity contribution in [1.29, 1.82) is 0 Å². The smallest absolute Gasteiger partial charge is 0.288 e. The van der Waals surface area contributed by atoms with Gasteiger partial charge in [0.2, 0.25) is 16.2 Å². The maximum Gasteiger partial charge on any atom is 0.411 e. The normalized spacial score (nSPS) is 15.8. The average Bonchev–Trinajstić information content (AvgIpc) is 0.914. The van der Waals surface area contributed by atoms with E-state index < -0.39 is 258 Å². The van der Waals surface area contributed by atoms with Gasteiger partial charge in [-0.3, -0.25) is 62.9 Å². The first kappa shape index (κ1) is 84.0. The monoisotopic (exact) mass is 1690 g/mol. The first-order valence-corrected chi connectivity index (χ1v) is 35.4. The van der Waals surface area contributed by atoms with Crippen molar-refractivity contribution < 1.29 is 137 Å². The van der Waals surface area contributed by atoms with E-state index in [4.69, 9.17) is 0 Å². The van der Waals surface area contributed by atoms with Crippen LogP contribution in [0.4, 0.5) is 107 Å². The largest absolute Gasteiger partial charge is 0.411 e. The van der Waals surface area contributed by atoms with Gasteiger partial charge in [0.15, 0.2) is 0 Å². The van der Waals surface area contributed by atoms with Crippen LogP contribution in [0.1, 0.15) is 215 Å². The number of aryl methyl sites for hydroxylation is 7. The second-order valence-electron chi connectivity index (χ2n) is 29.7. The van der Waals surface area contributed by atoms with Crippen LogP contribution in [0.3, 0.4) is 0 Å². The fraction of sp³-hybridized carbons (Fsp3) is 0.224. The van der Waals surface area contributed by atoms with E-state index in [1.54, 1.807) is 24.4 Å². The summed E-state index contributed by atoms with van der Waals surface area (Å²) < 4.78 is 287. The summed E-state index contributed by atoms with van der Waals surface area (Å²) >= 11 is 0. The van der Waals surface area contributed by atoms with E-state index in [0.29, 0.717) is 64.1 Å². The molecule has 9 aromatic carbocycles. The van der Waals surface area contributed by atoms with E-state index >= 15 is 79.0 Å². The molecule has 0 saturated carbocycles. The minimum absolute atomic E-state index is 0. The number of nitrogens with zero attached hydrogens (tertiary/aromatic N) is 5. The lowest BCUT2D eigenvalue weighted by Crippen LogP contribution is -2.55. The molecule has 0 fully saturated rings. The summed E-state index contributed by atoms with van der Waals surface area (Å²) in [6, 6.07) is 10.5. The molecule has 9 aromatic rings. The number of carbonyl (C=O) groups is 12. The third-order valence-corrected chi connectivity index (χ3v) is 22.9. The number of carbonyl (C=O) groups excluding carboxylic acids is 12. The van der Waals surface area contributed by atoms with Gasteiger partial charge in [-0.15, -0.1) is 0 Å². The third-order valence-electron chi connectivity index (χ3n) is 22.9. The van der Waals surface area contributed by atoms with Gasteiger partial charge in [0.05, 0.1) is 95.2 Å². The molecular formula is C85H54F18N6O12. The molecule has 36 heteroatoms. The van der Waals surface area contributed by atoms with Gasteiger partial charge < -0.3 is 0 Å². The molecule has 18 nitrogen and oxygen atoms in total. The summed E-state index contributed by atoms with van der Waals surface area (Å²) in [6.45, 7) is 11.7. The van der Waals surface area contributed by atoms with Crippen molar-refractivity contribution >= 4 is 99.3 Å². The maximum atomic E-state index is 16.3. The van der Waals surface area contributed by atoms with Crippen LogP contribution in [0, 0.1) is 62.3 Å². The number of alkyl halides is 18. The highest BCUT2D eigenvalue weighted by Crippen LogP contribution is 2.62. The van der Waals surface area contributed by atoms with E-state index in [9.17, 15) is 57.5 Å². The highest BCUT2D eigenvalue weighted by Gasteiger charge is 2.76. The standard InChI is InChI=1S/C84H50F18N6O12.CH4/c1-32-22-33(2)59(34(3)23-32)104-66(111)48-17-11-43(27-54(48)71(104)116)77(81(91,92)93,82(94,95)96)44-13-19-50-56(29-44)73(118)106(68(50)113)62-37(6)25-38(7)63(40(62)9)108-70(115)52-21-15-46(31-58(52)75(108)120)78(83(97,98)99,84(100,101)102)45-14-20-51-57(30-45)74(119)107(69(51)114)61-36(5)24-35(4)60(39(61)8)105-67(112)49-18-12-42(28-55(49)72(105)117)76(79(85,86)87,80(88,89)90)41-10-16-47-53(26-41)65(110)103-64(47)109;/h10-31H,1-9H3,(H,103,109,110);1H4. The molecule has 0 atom stereocenters. The summed E-state index contributed by atoms with van der Waals surface area (Å²) in [5.41, 5.74) is -39.2. The summed E-state index contributed by atoms with van der Waals surface area (Å²) in [6.07, 6.45) is -38.8. The fourth-order valence-corrected chi connectivity index (χ4v) is 18.0. The van der Waals surface area contributed by atoms with Gasteiger partial charge in [0.25, 0.3) is 70.9 Å². The number of nitrogens with one attached hydrogen (secondary N) is 1. The molecule has 121 heavy (non-hydrogen) atoms. The van der Waals surface area contributed by atoms with Gasteiger partial charge in [-0.1, -0.05) is 73.7 Å². The van der Waals surface area contributed by atoms with Crippen molar-refractivity contribution in [3.63, 3.8) is 0 Å². The van der Waals surface area contributed by atoms with Crippen molar-refractivity contribution in [2.24, 2.45) is 0 Å². The number of amides is 12. The second kappa shape index (κ2) is 26.8. The number of anilines is 5. The number of imide groups is 6. The third kappa shape index (κ3) is 11.2. The Morgan fingerprint density at radius 1 is 0.215 bits per heavy atom. The van der Waals surface area contributed by atoms with Crippen LogP contribution < -0.4 is 29.8 Å². The Hall–Kier alpha value is -13.4. The molecule has 0 radical (unpaired) electrons. The lowest BCUT2D eigenvalue weighted by molar-refractivity contribution is -0.290. The first-order chi connectivity index (χ1) is 55.6. The van der Waals surface area contributed by atoms with Crippen LogP contribution >= 0.6 is 0 Å². The van der Waals surface area contributed by atoms with E-state index in [1.165, 1.54) is 41.5 Å².